The van der Waals surface area contributed by atoms with Gasteiger partial charge in [0.05, 0.1) is 18.1 Å². The zero-order valence-electron chi connectivity index (χ0n) is 20.4. The second-order valence-electron chi connectivity index (χ2n) is 8.81. The van der Waals surface area contributed by atoms with E-state index in [1.165, 1.54) is 0 Å². The normalized spacial score (nSPS) is 14.4. The molecule has 1 aliphatic heterocycles. The van der Waals surface area contributed by atoms with E-state index in [9.17, 15) is 10.1 Å². The van der Waals surface area contributed by atoms with E-state index in [1.54, 1.807) is 30.3 Å². The first-order chi connectivity index (χ1) is 18.1. The Kier molecular flexibility index (Phi) is 6.78. The zero-order chi connectivity index (χ0) is 25.8. The topological polar surface area (TPSA) is 94.6 Å². The molecule has 5 rings (SSSR count). The van der Waals surface area contributed by atoms with Gasteiger partial charge < -0.3 is 19.9 Å². The molecular formula is C31H26N2O4. The molecule has 0 aromatic heterocycles. The minimum absolute atomic E-state index is 0.0355. The first-order valence-corrected chi connectivity index (χ1v) is 12.2. The van der Waals surface area contributed by atoms with Crippen LogP contribution >= 0.6 is 0 Å². The highest BCUT2D eigenvalue weighted by atomic mass is 16.5. The fraction of sp³-hybridized carbons (Fsp3) is 0.161. The number of allylic oxidation sites excluding steroid dienone is 1. The molecule has 4 aromatic rings. The van der Waals surface area contributed by atoms with Crippen molar-refractivity contribution in [3.8, 4) is 23.3 Å². The molecule has 1 aliphatic rings. The Bertz CT molecular complexity index is 1550. The van der Waals surface area contributed by atoms with Gasteiger partial charge in [-0.1, -0.05) is 67.9 Å². The first kappa shape index (κ1) is 24.0. The lowest BCUT2D eigenvalue weighted by atomic mass is 9.81. The molecule has 0 amide bonds. The number of carbonyl (C=O) groups is 1. The fourth-order valence-electron chi connectivity index (χ4n) is 4.53. The Morgan fingerprint density at radius 1 is 0.973 bits per heavy atom. The minimum atomic E-state index is -0.511. The van der Waals surface area contributed by atoms with Crippen molar-refractivity contribution in [1.82, 2.24) is 0 Å². The largest absolute Gasteiger partial charge is 0.494 e. The molecule has 4 aromatic carbocycles. The number of hydrogen-bond acceptors (Lipinski definition) is 6. The highest BCUT2D eigenvalue weighted by Crippen LogP contribution is 2.45. The molecule has 1 heterocycles. The zero-order valence-corrected chi connectivity index (χ0v) is 20.4. The quantitative estimate of drug-likeness (QED) is 0.182. The smallest absolute Gasteiger partial charge is 0.343 e. The number of ether oxygens (including phenoxy) is 3. The van der Waals surface area contributed by atoms with Gasteiger partial charge in [-0.15, -0.1) is 0 Å². The van der Waals surface area contributed by atoms with Crippen LogP contribution in [-0.4, -0.2) is 12.6 Å². The van der Waals surface area contributed by atoms with Crippen molar-refractivity contribution in [2.75, 3.05) is 6.61 Å². The maximum absolute atomic E-state index is 12.9. The highest BCUT2D eigenvalue weighted by Gasteiger charge is 2.32. The Balaban J connectivity index is 1.45. The van der Waals surface area contributed by atoms with Crippen LogP contribution in [0.5, 0.6) is 17.2 Å². The molecule has 0 aliphatic carbocycles. The number of fused-ring (bicyclic) bond motifs is 2. The van der Waals surface area contributed by atoms with E-state index in [1.807, 2.05) is 54.6 Å². The summed E-state index contributed by atoms with van der Waals surface area (Å²) in [4.78, 5) is 12.9. The van der Waals surface area contributed by atoms with Crippen LogP contribution in [0, 0.1) is 11.3 Å². The molecule has 0 saturated carbocycles. The summed E-state index contributed by atoms with van der Waals surface area (Å²) in [6, 6.07) is 28.3. The maximum atomic E-state index is 12.9. The van der Waals surface area contributed by atoms with E-state index in [2.05, 4.69) is 13.0 Å². The molecule has 0 spiro atoms. The Morgan fingerprint density at radius 2 is 1.78 bits per heavy atom. The summed E-state index contributed by atoms with van der Waals surface area (Å²) in [5, 5.41) is 12.0. The van der Waals surface area contributed by atoms with Gasteiger partial charge in [-0.25, -0.2) is 4.79 Å². The van der Waals surface area contributed by atoms with Crippen LogP contribution in [0.1, 0.15) is 47.2 Å². The number of unbranched alkanes of at least 4 members (excludes halogenated alkanes) is 1. The molecule has 0 fully saturated rings. The van der Waals surface area contributed by atoms with Crippen molar-refractivity contribution >= 4 is 16.7 Å². The summed E-state index contributed by atoms with van der Waals surface area (Å²) in [5.41, 5.74) is 8.64. The van der Waals surface area contributed by atoms with E-state index >= 15 is 0 Å². The lowest BCUT2D eigenvalue weighted by Gasteiger charge is -2.27. The van der Waals surface area contributed by atoms with E-state index < -0.39 is 11.9 Å². The molecule has 1 atom stereocenters. The van der Waals surface area contributed by atoms with E-state index in [4.69, 9.17) is 19.9 Å². The number of hydrogen-bond donors (Lipinski definition) is 1. The van der Waals surface area contributed by atoms with Gasteiger partial charge in [0.25, 0.3) is 0 Å². The number of benzene rings is 4. The van der Waals surface area contributed by atoms with Crippen LogP contribution < -0.4 is 19.9 Å². The Morgan fingerprint density at radius 3 is 2.62 bits per heavy atom. The second-order valence-corrected chi connectivity index (χ2v) is 8.81. The van der Waals surface area contributed by atoms with Gasteiger partial charge >= 0.3 is 5.97 Å². The summed E-state index contributed by atoms with van der Waals surface area (Å²) in [6.45, 7) is 2.68. The van der Waals surface area contributed by atoms with E-state index in [-0.39, 0.29) is 5.88 Å². The van der Waals surface area contributed by atoms with Gasteiger partial charge in [0.15, 0.2) is 0 Å². The SMILES string of the molecule is CCCCOc1cccc(C(=O)Oc2ccc3c(c2)OC(N)=C(C#N)C3c2cccc3ccccc23)c1. The molecule has 0 bridgehead atoms. The number of carbonyl (C=O) groups excluding carboxylic acids is 1. The molecule has 184 valence electrons. The van der Waals surface area contributed by atoms with Crippen molar-refractivity contribution in [2.24, 2.45) is 5.73 Å². The van der Waals surface area contributed by atoms with Crippen LogP contribution in [0.3, 0.4) is 0 Å². The summed E-state index contributed by atoms with van der Waals surface area (Å²) >= 11 is 0. The third-order valence-electron chi connectivity index (χ3n) is 6.37. The first-order valence-electron chi connectivity index (χ1n) is 12.2. The summed E-state index contributed by atoms with van der Waals surface area (Å²) in [7, 11) is 0. The molecule has 1 unspecified atom stereocenters. The molecular weight excluding hydrogens is 464 g/mol. The molecule has 6 nitrogen and oxygen atoms in total. The van der Waals surface area contributed by atoms with Gasteiger partial charge in [0, 0.05) is 11.6 Å². The van der Waals surface area contributed by atoms with Gasteiger partial charge in [0.1, 0.15) is 28.9 Å². The van der Waals surface area contributed by atoms with Crippen molar-refractivity contribution in [2.45, 2.75) is 25.7 Å². The molecule has 6 heteroatoms. The van der Waals surface area contributed by atoms with Crippen LogP contribution in [0.15, 0.2) is 96.4 Å². The van der Waals surface area contributed by atoms with Crippen molar-refractivity contribution < 1.29 is 19.0 Å². The van der Waals surface area contributed by atoms with E-state index in [0.29, 0.717) is 35.0 Å². The average Bonchev–Trinajstić information content (AvgIpc) is 2.92. The predicted molar refractivity (Wildman–Crippen MR) is 141 cm³/mol. The monoisotopic (exact) mass is 490 g/mol. The Hall–Kier alpha value is -4.76. The lowest BCUT2D eigenvalue weighted by Crippen LogP contribution is -2.21. The number of nitrogens with two attached hydrogens (primary N) is 1. The molecule has 2 N–H and O–H groups in total. The van der Waals surface area contributed by atoms with Crippen LogP contribution in [0.4, 0.5) is 0 Å². The van der Waals surface area contributed by atoms with Crippen molar-refractivity contribution in [1.29, 1.82) is 5.26 Å². The molecule has 0 saturated heterocycles. The van der Waals surface area contributed by atoms with E-state index in [0.717, 1.165) is 34.7 Å². The fourth-order valence-corrected chi connectivity index (χ4v) is 4.53. The number of esters is 1. The van der Waals surface area contributed by atoms with Crippen LogP contribution in [0.2, 0.25) is 0 Å². The summed E-state index contributed by atoms with van der Waals surface area (Å²) in [6.07, 6.45) is 1.97. The minimum Gasteiger partial charge on any atom is -0.494 e. The average molecular weight is 491 g/mol. The summed E-state index contributed by atoms with van der Waals surface area (Å²) < 4.78 is 17.2. The lowest BCUT2D eigenvalue weighted by molar-refractivity contribution is 0.0734. The van der Waals surface area contributed by atoms with Gasteiger partial charge in [-0.3, -0.25) is 0 Å². The van der Waals surface area contributed by atoms with Crippen molar-refractivity contribution in [3.63, 3.8) is 0 Å². The number of nitrogens with zero attached hydrogens (tertiary/aromatic N) is 1. The maximum Gasteiger partial charge on any atom is 0.343 e. The van der Waals surface area contributed by atoms with Crippen LogP contribution in [-0.2, 0) is 0 Å². The number of nitriles is 1. The highest BCUT2D eigenvalue weighted by molar-refractivity contribution is 5.91. The van der Waals surface area contributed by atoms with Gasteiger partial charge in [-0.2, -0.15) is 5.26 Å². The molecule has 0 radical (unpaired) electrons. The standard InChI is InChI=1S/C31H26N2O4/c1-2-3-16-35-22-11-6-10-21(17-22)31(34)36-23-14-15-26-28(18-23)37-30(33)27(19-32)29(26)25-13-7-9-20-8-4-5-12-24(20)25/h4-15,17-18,29H,2-3,16,33H2,1H3. The van der Waals surface area contributed by atoms with Gasteiger partial charge in [-0.05, 0) is 47.0 Å². The third-order valence-corrected chi connectivity index (χ3v) is 6.37. The van der Waals surface area contributed by atoms with Gasteiger partial charge in [0.2, 0.25) is 5.88 Å². The predicted octanol–water partition coefficient (Wildman–Crippen LogP) is 6.46. The number of rotatable bonds is 7. The molecule has 37 heavy (non-hydrogen) atoms. The third kappa shape index (κ3) is 4.85. The second kappa shape index (κ2) is 10.5. The van der Waals surface area contributed by atoms with Crippen LogP contribution in [0.25, 0.3) is 10.8 Å². The Labute approximate surface area is 215 Å². The van der Waals surface area contributed by atoms with Crippen molar-refractivity contribution in [3.05, 3.63) is 113 Å². The summed E-state index contributed by atoms with van der Waals surface area (Å²) in [5.74, 6) is 0.484.